The Balaban J connectivity index is 2.28. The van der Waals surface area contributed by atoms with Gasteiger partial charge in [-0.25, -0.2) is 8.42 Å². The topological polar surface area (TPSA) is 97.6 Å². The normalized spacial score (nSPS) is 11.2. The van der Waals surface area contributed by atoms with E-state index in [1.807, 2.05) is 6.92 Å². The number of nitro benzene ring substituents is 1. The summed E-state index contributed by atoms with van der Waals surface area (Å²) in [6, 6.07) is 14.3. The highest BCUT2D eigenvalue weighted by Crippen LogP contribution is 2.33. The molecule has 3 rings (SSSR count). The Bertz CT molecular complexity index is 1290. The number of nitrogens with zero attached hydrogens (tertiary/aromatic N) is 2. The minimum absolute atomic E-state index is 0.0890. The number of nitro groups is 1. The fourth-order valence-corrected chi connectivity index (χ4v) is 4.68. The first-order valence-electron chi connectivity index (χ1n) is 9.20. The Morgan fingerprint density at radius 1 is 1.00 bits per heavy atom. The fourth-order valence-electron chi connectivity index (χ4n) is 3.02. The molecule has 9 heteroatoms. The van der Waals surface area contributed by atoms with Gasteiger partial charge in [0, 0.05) is 12.1 Å². The molecule has 0 bridgehead atoms. The van der Waals surface area contributed by atoms with E-state index in [4.69, 9.17) is 11.6 Å². The third kappa shape index (κ3) is 4.30. The molecule has 0 N–H and O–H groups in total. The van der Waals surface area contributed by atoms with Gasteiger partial charge in [-0.15, -0.1) is 0 Å². The average molecular weight is 459 g/mol. The van der Waals surface area contributed by atoms with Gasteiger partial charge in [0.15, 0.2) is 0 Å². The summed E-state index contributed by atoms with van der Waals surface area (Å²) in [6.45, 7) is 5.30. The molecule has 0 spiro atoms. The number of benzene rings is 3. The van der Waals surface area contributed by atoms with Crippen LogP contribution in [-0.2, 0) is 10.0 Å². The second kappa shape index (κ2) is 8.49. The molecule has 0 saturated heterocycles. The number of anilines is 1. The number of carbonyl (C=O) groups is 1. The maximum absolute atomic E-state index is 13.6. The van der Waals surface area contributed by atoms with E-state index in [9.17, 15) is 23.3 Å². The summed E-state index contributed by atoms with van der Waals surface area (Å²) in [4.78, 5) is 24.0. The van der Waals surface area contributed by atoms with Gasteiger partial charge in [0.2, 0.25) is 0 Å². The van der Waals surface area contributed by atoms with E-state index in [2.05, 4.69) is 0 Å². The molecule has 0 saturated carbocycles. The zero-order valence-electron chi connectivity index (χ0n) is 17.0. The summed E-state index contributed by atoms with van der Waals surface area (Å²) in [5.74, 6) is -0.983. The first kappa shape index (κ1) is 22.5. The molecule has 31 heavy (non-hydrogen) atoms. The van der Waals surface area contributed by atoms with Crippen molar-refractivity contribution >= 4 is 38.9 Å². The Kier molecular flexibility index (Phi) is 6.15. The van der Waals surface area contributed by atoms with Gasteiger partial charge in [-0.2, -0.15) is 4.31 Å². The molecule has 160 valence electrons. The van der Waals surface area contributed by atoms with E-state index < -0.39 is 20.9 Å². The zero-order valence-corrected chi connectivity index (χ0v) is 18.6. The van der Waals surface area contributed by atoms with Crippen LogP contribution in [0.3, 0.4) is 0 Å². The molecule has 0 aromatic heterocycles. The van der Waals surface area contributed by atoms with Crippen molar-refractivity contribution in [3.05, 3.63) is 98.1 Å². The molecule has 0 aliphatic rings. The third-order valence-corrected chi connectivity index (χ3v) is 6.97. The van der Waals surface area contributed by atoms with Gasteiger partial charge in [-0.05, 0) is 56.2 Å². The molecular weight excluding hydrogens is 440 g/mol. The predicted octanol–water partition coefficient (Wildman–Crippen LogP) is 5.21. The highest BCUT2D eigenvalue weighted by atomic mass is 35.5. The van der Waals surface area contributed by atoms with Gasteiger partial charge in [0.05, 0.1) is 26.1 Å². The number of rotatable bonds is 5. The largest absolute Gasteiger partial charge is 0.274 e. The van der Waals surface area contributed by atoms with E-state index in [0.29, 0.717) is 9.87 Å². The number of carbonyl (C=O) groups excluding carboxylic acids is 1. The summed E-state index contributed by atoms with van der Waals surface area (Å²) in [7, 11) is -4.35. The highest BCUT2D eigenvalue weighted by molar-refractivity contribution is 7.93. The van der Waals surface area contributed by atoms with Crippen LogP contribution in [0.4, 0.5) is 11.4 Å². The maximum Gasteiger partial charge on any atom is 0.274 e. The smallest absolute Gasteiger partial charge is 0.268 e. The molecule has 0 unspecified atom stereocenters. The second-order valence-electron chi connectivity index (χ2n) is 7.03. The predicted molar refractivity (Wildman–Crippen MR) is 119 cm³/mol. The maximum atomic E-state index is 13.6. The van der Waals surface area contributed by atoms with Crippen molar-refractivity contribution in [3.8, 4) is 0 Å². The third-order valence-electron chi connectivity index (χ3n) is 4.93. The molecular formula is C22H19ClN2O5S. The van der Waals surface area contributed by atoms with Gasteiger partial charge in [0.25, 0.3) is 21.6 Å². The zero-order chi connectivity index (χ0) is 22.9. The SMILES string of the molecule is Cc1ccc(S(=O)(=O)N(C(=O)c2cc([N+](=O)[O-])ccc2Cl)c2cccc(C)c2C)cc1. The minimum atomic E-state index is -4.35. The van der Waals surface area contributed by atoms with Gasteiger partial charge in [0.1, 0.15) is 0 Å². The van der Waals surface area contributed by atoms with Crippen LogP contribution in [0, 0.1) is 30.9 Å². The van der Waals surface area contributed by atoms with Crippen molar-refractivity contribution in [2.45, 2.75) is 25.7 Å². The van der Waals surface area contributed by atoms with Crippen LogP contribution in [0.2, 0.25) is 5.02 Å². The van der Waals surface area contributed by atoms with Crippen LogP contribution >= 0.6 is 11.6 Å². The Morgan fingerprint density at radius 2 is 1.65 bits per heavy atom. The van der Waals surface area contributed by atoms with E-state index in [1.165, 1.54) is 24.3 Å². The lowest BCUT2D eigenvalue weighted by atomic mass is 10.1. The monoisotopic (exact) mass is 458 g/mol. The van der Waals surface area contributed by atoms with E-state index >= 15 is 0 Å². The Labute approximate surface area is 185 Å². The van der Waals surface area contributed by atoms with Crippen LogP contribution in [0.5, 0.6) is 0 Å². The standard InChI is InChI=1S/C22H19ClN2O5S/c1-14-7-10-18(11-8-14)31(29,30)24(21-6-4-5-15(2)16(21)3)22(26)19-13-17(25(27)28)9-12-20(19)23/h4-13H,1-3H3. The Morgan fingerprint density at radius 3 is 2.26 bits per heavy atom. The summed E-state index contributed by atoms with van der Waals surface area (Å²) >= 11 is 6.15. The van der Waals surface area contributed by atoms with Crippen molar-refractivity contribution < 1.29 is 18.1 Å². The molecule has 3 aromatic carbocycles. The van der Waals surface area contributed by atoms with Gasteiger partial charge in [-0.3, -0.25) is 14.9 Å². The number of aryl methyl sites for hydroxylation is 2. The Hall–Kier alpha value is -3.23. The summed E-state index contributed by atoms with van der Waals surface area (Å²) in [5, 5.41) is 11.1. The molecule has 0 radical (unpaired) electrons. The molecule has 3 aromatic rings. The highest BCUT2D eigenvalue weighted by Gasteiger charge is 2.34. The van der Waals surface area contributed by atoms with Crippen LogP contribution in [0.25, 0.3) is 0 Å². The molecule has 1 amide bonds. The fraction of sp³-hybridized carbons (Fsp3) is 0.136. The summed E-state index contributed by atoms with van der Waals surface area (Å²) in [6.07, 6.45) is 0. The van der Waals surface area contributed by atoms with Crippen molar-refractivity contribution in [1.82, 2.24) is 0 Å². The van der Waals surface area contributed by atoms with Crippen LogP contribution in [-0.4, -0.2) is 19.2 Å². The van der Waals surface area contributed by atoms with Gasteiger partial charge >= 0.3 is 0 Å². The van der Waals surface area contributed by atoms with E-state index in [1.54, 1.807) is 38.1 Å². The van der Waals surface area contributed by atoms with Crippen molar-refractivity contribution in [2.24, 2.45) is 0 Å². The van der Waals surface area contributed by atoms with Crippen molar-refractivity contribution in [1.29, 1.82) is 0 Å². The lowest BCUT2D eigenvalue weighted by Gasteiger charge is -2.25. The van der Waals surface area contributed by atoms with Gasteiger partial charge < -0.3 is 0 Å². The lowest BCUT2D eigenvalue weighted by Crippen LogP contribution is -2.38. The summed E-state index contributed by atoms with van der Waals surface area (Å²) in [5.41, 5.74) is 1.69. The molecule has 0 fully saturated rings. The molecule has 0 atom stereocenters. The van der Waals surface area contributed by atoms with Crippen LogP contribution in [0.1, 0.15) is 27.0 Å². The number of sulfonamides is 1. The number of hydrogen-bond donors (Lipinski definition) is 0. The molecule has 0 aliphatic carbocycles. The summed E-state index contributed by atoms with van der Waals surface area (Å²) < 4.78 is 27.8. The minimum Gasteiger partial charge on any atom is -0.268 e. The van der Waals surface area contributed by atoms with Gasteiger partial charge in [-0.1, -0.05) is 41.4 Å². The molecule has 0 aliphatic heterocycles. The number of halogens is 1. The van der Waals surface area contributed by atoms with E-state index in [-0.39, 0.29) is 26.9 Å². The quantitative estimate of drug-likeness (QED) is 0.386. The van der Waals surface area contributed by atoms with Crippen LogP contribution < -0.4 is 4.31 Å². The number of amides is 1. The number of non-ortho nitro benzene ring substituents is 1. The first-order chi connectivity index (χ1) is 14.5. The molecule has 7 nitrogen and oxygen atoms in total. The average Bonchev–Trinajstić information content (AvgIpc) is 2.71. The second-order valence-corrected chi connectivity index (χ2v) is 9.22. The van der Waals surface area contributed by atoms with Crippen molar-refractivity contribution in [2.75, 3.05) is 4.31 Å². The van der Waals surface area contributed by atoms with Crippen molar-refractivity contribution in [3.63, 3.8) is 0 Å². The lowest BCUT2D eigenvalue weighted by molar-refractivity contribution is -0.384. The first-order valence-corrected chi connectivity index (χ1v) is 11.0. The number of hydrogen-bond acceptors (Lipinski definition) is 5. The molecule has 0 heterocycles. The van der Waals surface area contributed by atoms with E-state index in [0.717, 1.165) is 23.3 Å². The van der Waals surface area contributed by atoms with Crippen LogP contribution in [0.15, 0.2) is 65.6 Å².